The Morgan fingerprint density at radius 3 is 2.59 bits per heavy atom. The number of morpholine rings is 1. The summed E-state index contributed by atoms with van der Waals surface area (Å²) in [5.41, 5.74) is 0. The van der Waals surface area contributed by atoms with E-state index in [4.69, 9.17) is 16.3 Å². The van der Waals surface area contributed by atoms with E-state index in [0.29, 0.717) is 25.6 Å². The van der Waals surface area contributed by atoms with E-state index in [2.05, 4.69) is 0 Å². The predicted molar refractivity (Wildman–Crippen MR) is 67.8 cm³/mol. The molecule has 1 saturated carbocycles. The van der Waals surface area contributed by atoms with Gasteiger partial charge >= 0.3 is 0 Å². The number of nitrogens with zero attached hydrogens (tertiary/aromatic N) is 1. The van der Waals surface area contributed by atoms with E-state index in [0.717, 1.165) is 32.1 Å². The van der Waals surface area contributed by atoms with Gasteiger partial charge < -0.3 is 4.74 Å². The number of ether oxygens (including phenoxy) is 1. The molecule has 0 N–H and O–H groups in total. The average Bonchev–Trinajstić information content (AvgIpc) is 2.39. The zero-order valence-corrected chi connectivity index (χ0v) is 11.5. The fourth-order valence-electron chi connectivity index (χ4n) is 2.65. The highest BCUT2D eigenvalue weighted by atomic mass is 35.5. The fourth-order valence-corrected chi connectivity index (χ4v) is 5.18. The lowest BCUT2D eigenvalue weighted by atomic mass is 10.0. The molecule has 0 aromatic carbocycles. The van der Waals surface area contributed by atoms with Crippen LogP contribution in [0.3, 0.4) is 0 Å². The number of hydrogen-bond donors (Lipinski definition) is 0. The SMILES string of the molecule is O=S(=O)(C1CCCCC1)N1CCOCC1CCl. The second-order valence-electron chi connectivity index (χ2n) is 4.80. The smallest absolute Gasteiger partial charge is 0.217 e. The van der Waals surface area contributed by atoms with Crippen molar-refractivity contribution in [2.45, 2.75) is 43.4 Å². The Bertz CT molecular complexity index is 341. The maximum Gasteiger partial charge on any atom is 0.217 e. The third-order valence-corrected chi connectivity index (χ3v) is 6.46. The molecule has 1 heterocycles. The van der Waals surface area contributed by atoms with Crippen LogP contribution in [0.15, 0.2) is 0 Å². The minimum atomic E-state index is -3.18. The maximum absolute atomic E-state index is 12.5. The number of rotatable bonds is 3. The molecule has 1 aliphatic heterocycles. The summed E-state index contributed by atoms with van der Waals surface area (Å²) in [5.74, 6) is 0.311. The van der Waals surface area contributed by atoms with Gasteiger partial charge in [-0.2, -0.15) is 4.31 Å². The van der Waals surface area contributed by atoms with Gasteiger partial charge in [-0.15, -0.1) is 11.6 Å². The lowest BCUT2D eigenvalue weighted by Gasteiger charge is -2.36. The molecule has 0 amide bonds. The van der Waals surface area contributed by atoms with Crippen LogP contribution in [-0.2, 0) is 14.8 Å². The van der Waals surface area contributed by atoms with E-state index in [9.17, 15) is 8.42 Å². The number of halogens is 1. The molecule has 1 saturated heterocycles. The first-order valence-electron chi connectivity index (χ1n) is 6.30. The van der Waals surface area contributed by atoms with Crippen molar-refractivity contribution in [3.05, 3.63) is 0 Å². The van der Waals surface area contributed by atoms with E-state index in [1.165, 1.54) is 0 Å². The Balaban J connectivity index is 2.11. The first kappa shape index (κ1) is 13.6. The van der Waals surface area contributed by atoms with Gasteiger partial charge in [0, 0.05) is 12.4 Å². The summed E-state index contributed by atoms with van der Waals surface area (Å²) in [6, 6.07) is -0.183. The number of sulfonamides is 1. The Morgan fingerprint density at radius 2 is 1.94 bits per heavy atom. The molecular formula is C11H20ClNO3S. The summed E-state index contributed by atoms with van der Waals surface area (Å²) >= 11 is 5.83. The van der Waals surface area contributed by atoms with Crippen molar-refractivity contribution in [1.82, 2.24) is 4.31 Å². The minimum Gasteiger partial charge on any atom is -0.378 e. The highest BCUT2D eigenvalue weighted by Crippen LogP contribution is 2.28. The predicted octanol–water partition coefficient (Wildman–Crippen LogP) is 1.59. The van der Waals surface area contributed by atoms with Crippen molar-refractivity contribution in [2.75, 3.05) is 25.6 Å². The van der Waals surface area contributed by atoms with Crippen LogP contribution < -0.4 is 0 Å². The van der Waals surface area contributed by atoms with E-state index >= 15 is 0 Å². The van der Waals surface area contributed by atoms with Crippen molar-refractivity contribution in [2.24, 2.45) is 0 Å². The minimum absolute atomic E-state index is 0.183. The Kier molecular flexibility index (Phi) is 4.69. The molecular weight excluding hydrogens is 262 g/mol. The van der Waals surface area contributed by atoms with Gasteiger partial charge in [-0.25, -0.2) is 8.42 Å². The maximum atomic E-state index is 12.5. The second kappa shape index (κ2) is 5.87. The van der Waals surface area contributed by atoms with Crippen molar-refractivity contribution < 1.29 is 13.2 Å². The summed E-state index contributed by atoms with van der Waals surface area (Å²) in [7, 11) is -3.18. The van der Waals surface area contributed by atoms with Crippen LogP contribution in [0.1, 0.15) is 32.1 Å². The molecule has 0 aromatic rings. The van der Waals surface area contributed by atoms with E-state index < -0.39 is 10.0 Å². The van der Waals surface area contributed by atoms with Crippen molar-refractivity contribution in [3.8, 4) is 0 Å². The molecule has 0 aromatic heterocycles. The standard InChI is InChI=1S/C11H20ClNO3S/c12-8-10-9-16-7-6-13(10)17(14,15)11-4-2-1-3-5-11/h10-11H,1-9H2. The number of alkyl halides is 1. The zero-order valence-electron chi connectivity index (χ0n) is 9.98. The summed E-state index contributed by atoms with van der Waals surface area (Å²) in [6.45, 7) is 1.37. The highest BCUT2D eigenvalue weighted by molar-refractivity contribution is 7.89. The normalized spacial score (nSPS) is 29.4. The Morgan fingerprint density at radius 1 is 1.24 bits per heavy atom. The first-order chi connectivity index (χ1) is 8.16. The Labute approximate surface area is 108 Å². The average molecular weight is 282 g/mol. The zero-order chi connectivity index (χ0) is 12.3. The lowest BCUT2D eigenvalue weighted by Crippen LogP contribution is -2.52. The van der Waals surface area contributed by atoms with Crippen molar-refractivity contribution >= 4 is 21.6 Å². The van der Waals surface area contributed by atoms with Crippen LogP contribution in [0.5, 0.6) is 0 Å². The third-order valence-electron chi connectivity index (χ3n) is 3.65. The lowest BCUT2D eigenvalue weighted by molar-refractivity contribution is 0.0398. The molecule has 4 nitrogen and oxygen atoms in total. The topological polar surface area (TPSA) is 46.6 Å². The van der Waals surface area contributed by atoms with Crippen LogP contribution in [0.4, 0.5) is 0 Å². The number of hydrogen-bond acceptors (Lipinski definition) is 3. The van der Waals surface area contributed by atoms with E-state index in [-0.39, 0.29) is 11.3 Å². The van der Waals surface area contributed by atoms with Crippen LogP contribution in [-0.4, -0.2) is 49.7 Å². The van der Waals surface area contributed by atoms with Crippen LogP contribution >= 0.6 is 11.6 Å². The molecule has 0 bridgehead atoms. The van der Waals surface area contributed by atoms with Crippen LogP contribution in [0, 0.1) is 0 Å². The van der Waals surface area contributed by atoms with Gasteiger partial charge in [0.1, 0.15) is 0 Å². The molecule has 0 radical (unpaired) electrons. The molecule has 6 heteroatoms. The third kappa shape index (κ3) is 2.95. The van der Waals surface area contributed by atoms with Gasteiger partial charge in [-0.1, -0.05) is 19.3 Å². The molecule has 1 unspecified atom stereocenters. The molecule has 0 spiro atoms. The molecule has 1 atom stereocenters. The van der Waals surface area contributed by atoms with Gasteiger partial charge in [-0.05, 0) is 12.8 Å². The molecule has 2 fully saturated rings. The Hall–Kier alpha value is 0.160. The second-order valence-corrected chi connectivity index (χ2v) is 7.27. The summed E-state index contributed by atoms with van der Waals surface area (Å²) in [4.78, 5) is 0. The molecule has 1 aliphatic carbocycles. The van der Waals surface area contributed by atoms with Gasteiger partial charge in [-0.3, -0.25) is 0 Å². The van der Waals surface area contributed by atoms with Crippen LogP contribution in [0.2, 0.25) is 0 Å². The van der Waals surface area contributed by atoms with Crippen LogP contribution in [0.25, 0.3) is 0 Å². The van der Waals surface area contributed by atoms with Gasteiger partial charge in [0.25, 0.3) is 0 Å². The summed E-state index contributed by atoms with van der Waals surface area (Å²) in [5, 5.41) is -0.194. The van der Waals surface area contributed by atoms with Gasteiger partial charge in [0.2, 0.25) is 10.0 Å². The summed E-state index contributed by atoms with van der Waals surface area (Å²) in [6.07, 6.45) is 4.82. The monoisotopic (exact) mass is 281 g/mol. The molecule has 100 valence electrons. The van der Waals surface area contributed by atoms with E-state index in [1.54, 1.807) is 4.31 Å². The molecule has 17 heavy (non-hydrogen) atoms. The largest absolute Gasteiger partial charge is 0.378 e. The van der Waals surface area contributed by atoms with E-state index in [1.807, 2.05) is 0 Å². The molecule has 2 aliphatic rings. The van der Waals surface area contributed by atoms with Gasteiger partial charge in [0.05, 0.1) is 24.5 Å². The van der Waals surface area contributed by atoms with Crippen molar-refractivity contribution in [3.63, 3.8) is 0 Å². The molecule has 2 rings (SSSR count). The summed E-state index contributed by atoms with van der Waals surface area (Å²) < 4.78 is 31.9. The van der Waals surface area contributed by atoms with Gasteiger partial charge in [0.15, 0.2) is 0 Å². The first-order valence-corrected chi connectivity index (χ1v) is 8.34. The fraction of sp³-hybridized carbons (Fsp3) is 1.00. The van der Waals surface area contributed by atoms with Crippen molar-refractivity contribution in [1.29, 1.82) is 0 Å². The highest BCUT2D eigenvalue weighted by Gasteiger charge is 2.38. The quantitative estimate of drug-likeness (QED) is 0.738.